The molecule has 0 heterocycles. The van der Waals surface area contributed by atoms with Crippen molar-refractivity contribution in [1.29, 1.82) is 0 Å². The summed E-state index contributed by atoms with van der Waals surface area (Å²) in [4.78, 5) is 14.0. The Labute approximate surface area is 130 Å². The van der Waals surface area contributed by atoms with Gasteiger partial charge in [0.05, 0.1) is 6.04 Å². The van der Waals surface area contributed by atoms with Crippen molar-refractivity contribution < 1.29 is 9.18 Å². The number of hydrogen-bond acceptors (Lipinski definition) is 1. The Bertz CT molecular complexity index is 683. The van der Waals surface area contributed by atoms with Gasteiger partial charge < -0.3 is 4.90 Å². The summed E-state index contributed by atoms with van der Waals surface area (Å²) in [6, 6.07) is 15.7. The largest absolute Gasteiger partial charge is 0.321 e. The number of nitrogens with zero attached hydrogens (tertiary/aromatic N) is 1. The number of halogens is 1. The molecule has 0 N–H and O–H groups in total. The smallest absolute Gasteiger partial charge is 0.299 e. The Kier molecular flexibility index (Phi) is 5.32. The van der Waals surface area contributed by atoms with E-state index in [2.05, 4.69) is 11.8 Å². The van der Waals surface area contributed by atoms with Gasteiger partial charge in [0, 0.05) is 6.54 Å². The van der Waals surface area contributed by atoms with Gasteiger partial charge in [0.25, 0.3) is 5.91 Å². The molecule has 2 aromatic carbocycles. The van der Waals surface area contributed by atoms with Crippen molar-refractivity contribution in [2.75, 3.05) is 6.54 Å². The van der Waals surface area contributed by atoms with Crippen molar-refractivity contribution in [3.8, 4) is 11.8 Å². The standard InChI is InChI=1S/C19H18FNO/c1-3-8-18(22)21(4-2)19(15-9-6-5-7-10-15)16-11-13-17(20)14-12-16/h5-7,9-14,19H,4H2,1-2H3. The molecule has 0 aliphatic carbocycles. The monoisotopic (exact) mass is 295 g/mol. The lowest BCUT2D eigenvalue weighted by atomic mass is 9.97. The second-order valence-electron chi connectivity index (χ2n) is 4.83. The van der Waals surface area contributed by atoms with Crippen LogP contribution in [-0.2, 0) is 4.79 Å². The van der Waals surface area contributed by atoms with Crippen LogP contribution in [0.3, 0.4) is 0 Å². The van der Waals surface area contributed by atoms with Crippen LogP contribution >= 0.6 is 0 Å². The van der Waals surface area contributed by atoms with Crippen molar-refractivity contribution >= 4 is 5.91 Å². The van der Waals surface area contributed by atoms with Gasteiger partial charge in [-0.15, -0.1) is 0 Å². The molecule has 0 aliphatic rings. The molecule has 3 heteroatoms. The van der Waals surface area contributed by atoms with E-state index in [1.54, 1.807) is 24.0 Å². The lowest BCUT2D eigenvalue weighted by Crippen LogP contribution is -2.34. The fraction of sp³-hybridized carbons (Fsp3) is 0.211. The van der Waals surface area contributed by atoms with Crippen LogP contribution in [0, 0.1) is 17.7 Å². The first-order chi connectivity index (χ1) is 10.7. The zero-order valence-corrected chi connectivity index (χ0v) is 12.7. The van der Waals surface area contributed by atoms with Crippen molar-refractivity contribution in [1.82, 2.24) is 4.90 Å². The second kappa shape index (κ2) is 7.42. The lowest BCUT2D eigenvalue weighted by Gasteiger charge is -2.30. The molecule has 1 amide bonds. The Morgan fingerprint density at radius 2 is 1.68 bits per heavy atom. The summed E-state index contributed by atoms with van der Waals surface area (Å²) in [7, 11) is 0. The topological polar surface area (TPSA) is 20.3 Å². The van der Waals surface area contributed by atoms with E-state index in [-0.39, 0.29) is 17.8 Å². The van der Waals surface area contributed by atoms with Gasteiger partial charge in [0.2, 0.25) is 0 Å². The number of benzene rings is 2. The summed E-state index contributed by atoms with van der Waals surface area (Å²) in [6.07, 6.45) is 0. The number of carbonyl (C=O) groups is 1. The van der Waals surface area contributed by atoms with Gasteiger partial charge in [-0.05, 0) is 43.0 Å². The lowest BCUT2D eigenvalue weighted by molar-refractivity contribution is -0.126. The molecule has 112 valence electrons. The van der Waals surface area contributed by atoms with Crippen LogP contribution in [0.25, 0.3) is 0 Å². The molecule has 0 radical (unpaired) electrons. The summed E-state index contributed by atoms with van der Waals surface area (Å²) in [6.45, 7) is 4.07. The summed E-state index contributed by atoms with van der Waals surface area (Å²) in [5, 5.41) is 0. The van der Waals surface area contributed by atoms with E-state index in [4.69, 9.17) is 0 Å². The third kappa shape index (κ3) is 3.53. The Morgan fingerprint density at radius 1 is 1.09 bits per heavy atom. The molecule has 0 bridgehead atoms. The van der Waals surface area contributed by atoms with Crippen molar-refractivity contribution in [3.05, 3.63) is 71.5 Å². The van der Waals surface area contributed by atoms with Gasteiger partial charge in [-0.1, -0.05) is 48.4 Å². The molecule has 2 nitrogen and oxygen atoms in total. The maximum Gasteiger partial charge on any atom is 0.299 e. The molecule has 0 saturated heterocycles. The van der Waals surface area contributed by atoms with Crippen molar-refractivity contribution in [2.24, 2.45) is 0 Å². The molecular weight excluding hydrogens is 277 g/mol. The average Bonchev–Trinajstić information content (AvgIpc) is 2.54. The predicted octanol–water partition coefficient (Wildman–Crippen LogP) is 3.79. The minimum absolute atomic E-state index is 0.233. The molecule has 0 aliphatic heterocycles. The van der Waals surface area contributed by atoms with E-state index in [0.29, 0.717) is 6.54 Å². The van der Waals surface area contributed by atoms with Gasteiger partial charge in [-0.25, -0.2) is 4.39 Å². The van der Waals surface area contributed by atoms with Gasteiger partial charge >= 0.3 is 0 Å². The van der Waals surface area contributed by atoms with Crippen molar-refractivity contribution in [3.63, 3.8) is 0 Å². The number of hydrogen-bond donors (Lipinski definition) is 0. The number of rotatable bonds is 4. The van der Waals surface area contributed by atoms with E-state index in [1.165, 1.54) is 12.1 Å². The zero-order chi connectivity index (χ0) is 15.9. The van der Waals surface area contributed by atoms with E-state index < -0.39 is 0 Å². The third-order valence-electron chi connectivity index (χ3n) is 3.45. The van der Waals surface area contributed by atoms with E-state index in [0.717, 1.165) is 11.1 Å². The third-order valence-corrected chi connectivity index (χ3v) is 3.45. The van der Waals surface area contributed by atoms with E-state index in [9.17, 15) is 9.18 Å². The second-order valence-corrected chi connectivity index (χ2v) is 4.83. The molecule has 0 saturated carbocycles. The normalized spacial score (nSPS) is 11.2. The summed E-state index contributed by atoms with van der Waals surface area (Å²) < 4.78 is 13.2. The number of carbonyl (C=O) groups excluding carboxylic acids is 1. The highest BCUT2D eigenvalue weighted by atomic mass is 19.1. The summed E-state index contributed by atoms with van der Waals surface area (Å²) in [5.74, 6) is 4.71. The SMILES string of the molecule is CC#CC(=O)N(CC)C(c1ccccc1)c1ccc(F)cc1. The van der Waals surface area contributed by atoms with Crippen LogP contribution < -0.4 is 0 Å². The van der Waals surface area contributed by atoms with Gasteiger partial charge in [0.1, 0.15) is 5.82 Å². The average molecular weight is 295 g/mol. The highest BCUT2D eigenvalue weighted by molar-refractivity contribution is 5.94. The van der Waals surface area contributed by atoms with Crippen LogP contribution in [-0.4, -0.2) is 17.4 Å². The Hall–Kier alpha value is -2.60. The first kappa shape index (κ1) is 15.8. The molecule has 1 unspecified atom stereocenters. The predicted molar refractivity (Wildman–Crippen MR) is 85.5 cm³/mol. The highest BCUT2D eigenvalue weighted by Crippen LogP contribution is 2.28. The van der Waals surface area contributed by atoms with E-state index in [1.807, 2.05) is 37.3 Å². The quantitative estimate of drug-likeness (QED) is 0.786. The first-order valence-corrected chi connectivity index (χ1v) is 7.21. The van der Waals surface area contributed by atoms with Gasteiger partial charge in [0.15, 0.2) is 0 Å². The van der Waals surface area contributed by atoms with Crippen molar-refractivity contribution in [2.45, 2.75) is 19.9 Å². The van der Waals surface area contributed by atoms with Crippen LogP contribution in [0.4, 0.5) is 4.39 Å². The minimum Gasteiger partial charge on any atom is -0.321 e. The van der Waals surface area contributed by atoms with Crippen LogP contribution in [0.5, 0.6) is 0 Å². The van der Waals surface area contributed by atoms with Crippen LogP contribution in [0.1, 0.15) is 31.0 Å². The van der Waals surface area contributed by atoms with Crippen LogP contribution in [0.2, 0.25) is 0 Å². The molecular formula is C19H18FNO. The minimum atomic E-state index is -0.293. The van der Waals surface area contributed by atoms with E-state index >= 15 is 0 Å². The van der Waals surface area contributed by atoms with Gasteiger partial charge in [-0.2, -0.15) is 0 Å². The fourth-order valence-electron chi connectivity index (χ4n) is 2.45. The molecule has 2 aromatic rings. The molecule has 2 rings (SSSR count). The molecule has 0 aromatic heterocycles. The highest BCUT2D eigenvalue weighted by Gasteiger charge is 2.24. The Balaban J connectivity index is 2.51. The fourth-order valence-corrected chi connectivity index (χ4v) is 2.45. The Morgan fingerprint density at radius 3 is 2.23 bits per heavy atom. The van der Waals surface area contributed by atoms with Gasteiger partial charge in [-0.3, -0.25) is 4.79 Å². The summed E-state index contributed by atoms with van der Waals surface area (Å²) >= 11 is 0. The molecule has 22 heavy (non-hydrogen) atoms. The molecule has 0 fully saturated rings. The molecule has 1 atom stereocenters. The maximum absolute atomic E-state index is 13.2. The zero-order valence-electron chi connectivity index (χ0n) is 12.7. The number of amides is 1. The molecule has 0 spiro atoms. The van der Waals surface area contributed by atoms with Crippen LogP contribution in [0.15, 0.2) is 54.6 Å². The maximum atomic E-state index is 13.2. The summed E-state index contributed by atoms with van der Waals surface area (Å²) in [5.41, 5.74) is 1.84. The first-order valence-electron chi connectivity index (χ1n) is 7.21.